The van der Waals surface area contributed by atoms with Gasteiger partial charge in [-0.2, -0.15) is 0 Å². The summed E-state index contributed by atoms with van der Waals surface area (Å²) in [6.07, 6.45) is 0. The molecule has 0 saturated heterocycles. The topological polar surface area (TPSA) is 29.3 Å². The van der Waals surface area contributed by atoms with Crippen LogP contribution < -0.4 is 10.6 Å². The second kappa shape index (κ2) is 5.80. The monoisotopic (exact) mass is 262 g/mol. The van der Waals surface area contributed by atoms with Crippen LogP contribution in [-0.2, 0) is 6.54 Å². The summed E-state index contributed by atoms with van der Waals surface area (Å²) in [5.74, 6) is -1.18. The summed E-state index contributed by atoms with van der Waals surface area (Å²) in [6, 6.07) is 11.7. The van der Waals surface area contributed by atoms with Crippen molar-refractivity contribution in [2.24, 2.45) is 5.73 Å². The first kappa shape index (κ1) is 13.5. The van der Waals surface area contributed by atoms with E-state index in [-0.39, 0.29) is 12.2 Å². The van der Waals surface area contributed by atoms with Crippen molar-refractivity contribution in [2.45, 2.75) is 13.5 Å². The first-order chi connectivity index (χ1) is 9.17. The number of nitrogens with zero attached hydrogens (tertiary/aromatic N) is 1. The Kier molecular flexibility index (Phi) is 4.12. The van der Waals surface area contributed by atoms with Crippen molar-refractivity contribution in [3.8, 4) is 0 Å². The van der Waals surface area contributed by atoms with Crippen molar-refractivity contribution in [2.75, 3.05) is 11.4 Å². The van der Waals surface area contributed by atoms with E-state index >= 15 is 0 Å². The Morgan fingerprint density at radius 3 is 2.11 bits per heavy atom. The maximum Gasteiger partial charge on any atom is 0.150 e. The quantitative estimate of drug-likeness (QED) is 0.912. The summed E-state index contributed by atoms with van der Waals surface area (Å²) < 4.78 is 28.2. The predicted octanol–water partition coefficient (Wildman–Crippen LogP) is 3.58. The number of hydrogen-bond donors (Lipinski definition) is 1. The van der Waals surface area contributed by atoms with Gasteiger partial charge in [0.2, 0.25) is 0 Å². The number of rotatable bonds is 4. The molecule has 0 amide bonds. The maximum absolute atomic E-state index is 14.1. The predicted molar refractivity (Wildman–Crippen MR) is 73.4 cm³/mol. The van der Waals surface area contributed by atoms with E-state index in [2.05, 4.69) is 0 Å². The molecular weight excluding hydrogens is 246 g/mol. The molecule has 2 nitrogen and oxygen atoms in total. The lowest BCUT2D eigenvalue weighted by atomic mass is 10.1. The van der Waals surface area contributed by atoms with E-state index in [1.54, 1.807) is 4.90 Å². The molecule has 0 heterocycles. The van der Waals surface area contributed by atoms with Crippen LogP contribution in [0.2, 0.25) is 0 Å². The molecule has 0 aliphatic rings. The van der Waals surface area contributed by atoms with Gasteiger partial charge in [-0.15, -0.1) is 0 Å². The summed E-state index contributed by atoms with van der Waals surface area (Å²) in [5, 5.41) is 0. The number of para-hydroxylation sites is 1. The van der Waals surface area contributed by atoms with Crippen molar-refractivity contribution in [1.29, 1.82) is 0 Å². The van der Waals surface area contributed by atoms with Gasteiger partial charge in [0.25, 0.3) is 0 Å². The van der Waals surface area contributed by atoms with E-state index < -0.39 is 11.6 Å². The lowest BCUT2D eigenvalue weighted by molar-refractivity contribution is 0.578. The molecule has 0 radical (unpaired) electrons. The molecule has 0 bridgehead atoms. The van der Waals surface area contributed by atoms with Crippen LogP contribution in [0.1, 0.15) is 12.5 Å². The van der Waals surface area contributed by atoms with Crippen molar-refractivity contribution < 1.29 is 8.78 Å². The Bertz CT molecular complexity index is 532. The SMILES string of the molecule is CCN(c1ccccc1)c1c(F)cc(CN)cc1F. The minimum absolute atomic E-state index is 0.0362. The molecule has 0 atom stereocenters. The normalized spacial score (nSPS) is 10.5. The largest absolute Gasteiger partial charge is 0.337 e. The Labute approximate surface area is 111 Å². The van der Waals surface area contributed by atoms with Gasteiger partial charge in [0.1, 0.15) is 17.3 Å². The highest BCUT2D eigenvalue weighted by Gasteiger charge is 2.18. The summed E-state index contributed by atoms with van der Waals surface area (Å²) in [7, 11) is 0. The summed E-state index contributed by atoms with van der Waals surface area (Å²) in [5.41, 5.74) is 6.57. The third-order valence-electron chi connectivity index (χ3n) is 2.97. The second-order valence-electron chi connectivity index (χ2n) is 4.19. The van der Waals surface area contributed by atoms with Gasteiger partial charge in [0.15, 0.2) is 0 Å². The molecule has 4 heteroatoms. The molecule has 0 saturated carbocycles. The zero-order chi connectivity index (χ0) is 13.8. The first-order valence-electron chi connectivity index (χ1n) is 6.18. The lowest BCUT2D eigenvalue weighted by Gasteiger charge is -2.24. The molecule has 2 rings (SSSR count). The summed E-state index contributed by atoms with van der Waals surface area (Å²) in [6.45, 7) is 2.44. The van der Waals surface area contributed by atoms with Crippen LogP contribution in [0.15, 0.2) is 42.5 Å². The van der Waals surface area contributed by atoms with Crippen LogP contribution in [0.4, 0.5) is 20.2 Å². The number of nitrogens with two attached hydrogens (primary N) is 1. The minimum atomic E-state index is -0.592. The molecule has 0 fully saturated rings. The van der Waals surface area contributed by atoms with Gasteiger partial charge in [-0.1, -0.05) is 18.2 Å². The third kappa shape index (κ3) is 2.74. The van der Waals surface area contributed by atoms with Crippen LogP contribution in [0, 0.1) is 11.6 Å². The standard InChI is InChI=1S/C15H16F2N2/c1-2-19(12-6-4-3-5-7-12)15-13(16)8-11(10-18)9-14(15)17/h3-9H,2,10,18H2,1H3. The van der Waals surface area contributed by atoms with E-state index in [1.807, 2.05) is 37.3 Å². The molecule has 0 aromatic heterocycles. The smallest absolute Gasteiger partial charge is 0.150 e. The van der Waals surface area contributed by atoms with E-state index in [4.69, 9.17) is 5.73 Å². The van der Waals surface area contributed by atoms with Crippen molar-refractivity contribution in [1.82, 2.24) is 0 Å². The molecule has 100 valence electrons. The lowest BCUT2D eigenvalue weighted by Crippen LogP contribution is -2.19. The fraction of sp³-hybridized carbons (Fsp3) is 0.200. The highest BCUT2D eigenvalue weighted by atomic mass is 19.1. The number of anilines is 2. The van der Waals surface area contributed by atoms with Gasteiger partial charge >= 0.3 is 0 Å². The maximum atomic E-state index is 14.1. The molecular formula is C15H16F2N2. The van der Waals surface area contributed by atoms with Gasteiger partial charge in [-0.25, -0.2) is 8.78 Å². The average Bonchev–Trinajstić information content (AvgIpc) is 2.43. The van der Waals surface area contributed by atoms with Gasteiger partial charge < -0.3 is 10.6 Å². The molecule has 0 spiro atoms. The Balaban J connectivity index is 2.50. The zero-order valence-electron chi connectivity index (χ0n) is 10.7. The second-order valence-corrected chi connectivity index (χ2v) is 4.19. The number of hydrogen-bond acceptors (Lipinski definition) is 2. The third-order valence-corrected chi connectivity index (χ3v) is 2.97. The Morgan fingerprint density at radius 1 is 1.05 bits per heavy atom. The Hall–Kier alpha value is -1.94. The van der Waals surface area contributed by atoms with Gasteiger partial charge in [0, 0.05) is 18.8 Å². The molecule has 0 aliphatic carbocycles. The molecule has 2 aromatic rings. The summed E-state index contributed by atoms with van der Waals surface area (Å²) >= 11 is 0. The van der Waals surface area contributed by atoms with Crippen LogP contribution in [0.3, 0.4) is 0 Å². The fourth-order valence-corrected chi connectivity index (χ4v) is 2.07. The highest BCUT2D eigenvalue weighted by molar-refractivity contribution is 5.64. The molecule has 0 aliphatic heterocycles. The van der Waals surface area contributed by atoms with Crippen LogP contribution in [0.5, 0.6) is 0 Å². The molecule has 19 heavy (non-hydrogen) atoms. The molecule has 0 unspecified atom stereocenters. The van der Waals surface area contributed by atoms with Crippen molar-refractivity contribution >= 4 is 11.4 Å². The molecule has 2 aromatic carbocycles. The average molecular weight is 262 g/mol. The fourth-order valence-electron chi connectivity index (χ4n) is 2.07. The number of benzene rings is 2. The van der Waals surface area contributed by atoms with Crippen LogP contribution in [-0.4, -0.2) is 6.54 Å². The van der Waals surface area contributed by atoms with Crippen LogP contribution in [0.25, 0.3) is 0 Å². The summed E-state index contributed by atoms with van der Waals surface area (Å²) in [4.78, 5) is 1.60. The Morgan fingerprint density at radius 2 is 1.63 bits per heavy atom. The first-order valence-corrected chi connectivity index (χ1v) is 6.18. The van der Waals surface area contributed by atoms with E-state index in [0.717, 1.165) is 5.69 Å². The van der Waals surface area contributed by atoms with Gasteiger partial charge in [-0.3, -0.25) is 0 Å². The van der Waals surface area contributed by atoms with E-state index in [1.165, 1.54) is 12.1 Å². The zero-order valence-corrected chi connectivity index (χ0v) is 10.7. The molecule has 2 N–H and O–H groups in total. The van der Waals surface area contributed by atoms with Gasteiger partial charge in [0.05, 0.1) is 0 Å². The van der Waals surface area contributed by atoms with E-state index in [9.17, 15) is 8.78 Å². The van der Waals surface area contributed by atoms with Gasteiger partial charge in [-0.05, 0) is 36.8 Å². The number of halogens is 2. The minimum Gasteiger partial charge on any atom is -0.337 e. The van der Waals surface area contributed by atoms with Crippen molar-refractivity contribution in [3.05, 3.63) is 59.7 Å². The van der Waals surface area contributed by atoms with E-state index in [0.29, 0.717) is 12.1 Å². The highest BCUT2D eigenvalue weighted by Crippen LogP contribution is 2.30. The van der Waals surface area contributed by atoms with Crippen molar-refractivity contribution in [3.63, 3.8) is 0 Å². The van der Waals surface area contributed by atoms with Crippen LogP contribution >= 0.6 is 0 Å².